The minimum Gasteiger partial charge on any atom is -0.352 e. The van der Waals surface area contributed by atoms with E-state index >= 15 is 0 Å². The second-order valence-electron chi connectivity index (χ2n) is 10.6. The third kappa shape index (κ3) is 8.42. The second-order valence-corrected chi connectivity index (χ2v) is 13.4. The summed E-state index contributed by atoms with van der Waals surface area (Å²) in [5.41, 5.74) is 3.06. The number of para-hydroxylation sites is 1. The third-order valence-electron chi connectivity index (χ3n) is 7.56. The van der Waals surface area contributed by atoms with Gasteiger partial charge in [0.25, 0.3) is 0 Å². The topological polar surface area (TPSA) is 86.8 Å². The third-order valence-corrected chi connectivity index (χ3v) is 9.21. The van der Waals surface area contributed by atoms with Gasteiger partial charge in [-0.25, -0.2) is 8.42 Å². The highest BCUT2D eigenvalue weighted by Crippen LogP contribution is 2.25. The number of benzene rings is 3. The zero-order valence-electron chi connectivity index (χ0n) is 23.6. The molecule has 4 rings (SSSR count). The Balaban J connectivity index is 1.73. The lowest BCUT2D eigenvalue weighted by Gasteiger charge is -2.34. The van der Waals surface area contributed by atoms with Crippen LogP contribution in [0.25, 0.3) is 0 Å². The molecule has 0 heterocycles. The minimum absolute atomic E-state index is 0.0781. The van der Waals surface area contributed by atoms with Crippen LogP contribution in [0.5, 0.6) is 0 Å². The summed E-state index contributed by atoms with van der Waals surface area (Å²) in [5, 5.41) is 3.19. The summed E-state index contributed by atoms with van der Waals surface area (Å²) in [4.78, 5) is 29.7. The van der Waals surface area contributed by atoms with Gasteiger partial charge in [-0.2, -0.15) is 0 Å². The lowest BCUT2D eigenvalue weighted by molar-refractivity contribution is -0.140. The van der Waals surface area contributed by atoms with E-state index in [9.17, 15) is 18.0 Å². The molecular formula is C32H38BrN3O4S. The number of rotatable bonds is 12. The average molecular weight is 641 g/mol. The maximum absolute atomic E-state index is 14.2. The molecule has 0 unspecified atom stereocenters. The molecular weight excluding hydrogens is 602 g/mol. The number of hydrogen-bond acceptors (Lipinski definition) is 4. The fourth-order valence-corrected chi connectivity index (χ4v) is 6.50. The number of hydrogen-bond donors (Lipinski definition) is 1. The summed E-state index contributed by atoms with van der Waals surface area (Å²) in [6, 6.07) is 23.7. The Kier molecular flexibility index (Phi) is 10.6. The van der Waals surface area contributed by atoms with E-state index in [4.69, 9.17) is 0 Å². The van der Waals surface area contributed by atoms with Crippen molar-refractivity contribution in [1.82, 2.24) is 10.2 Å². The van der Waals surface area contributed by atoms with E-state index in [-0.39, 0.29) is 18.5 Å². The largest absolute Gasteiger partial charge is 0.352 e. The maximum Gasteiger partial charge on any atom is 0.244 e. The summed E-state index contributed by atoms with van der Waals surface area (Å²) in [6.45, 7) is 1.70. The lowest BCUT2D eigenvalue weighted by Crippen LogP contribution is -2.54. The summed E-state index contributed by atoms with van der Waals surface area (Å²) < 4.78 is 28.2. The minimum atomic E-state index is -3.80. The maximum atomic E-state index is 14.2. The van der Waals surface area contributed by atoms with Crippen molar-refractivity contribution in [3.8, 4) is 0 Å². The van der Waals surface area contributed by atoms with Crippen LogP contribution >= 0.6 is 15.9 Å². The van der Waals surface area contributed by atoms with E-state index in [1.54, 1.807) is 17.0 Å². The van der Waals surface area contributed by atoms with Gasteiger partial charge in [0.05, 0.1) is 11.9 Å². The average Bonchev–Trinajstić information content (AvgIpc) is 3.47. The SMILES string of the molecule is CCc1ccccc1N(CC(=O)N(Cc1ccc(Br)cc1)[C@H](Cc1ccccc1)C(=O)NC1CCCC1)S(C)(=O)=O. The molecule has 0 saturated heterocycles. The van der Waals surface area contributed by atoms with Crippen molar-refractivity contribution in [3.63, 3.8) is 0 Å². The van der Waals surface area contributed by atoms with Crippen molar-refractivity contribution in [2.45, 2.75) is 64.1 Å². The molecule has 3 aromatic rings. The van der Waals surface area contributed by atoms with Gasteiger partial charge < -0.3 is 10.2 Å². The molecule has 1 N–H and O–H groups in total. The molecule has 7 nitrogen and oxygen atoms in total. The number of amides is 2. The van der Waals surface area contributed by atoms with Crippen LogP contribution in [0.2, 0.25) is 0 Å². The Hall–Kier alpha value is -3.17. The Morgan fingerprint density at radius 3 is 2.20 bits per heavy atom. The highest BCUT2D eigenvalue weighted by Gasteiger charge is 2.34. The highest BCUT2D eigenvalue weighted by molar-refractivity contribution is 9.10. The van der Waals surface area contributed by atoms with Gasteiger partial charge in [-0.3, -0.25) is 13.9 Å². The van der Waals surface area contributed by atoms with Crippen molar-refractivity contribution in [2.75, 3.05) is 17.1 Å². The number of nitrogens with one attached hydrogen (secondary N) is 1. The van der Waals surface area contributed by atoms with Crippen LogP contribution in [0, 0.1) is 0 Å². The molecule has 1 aliphatic rings. The highest BCUT2D eigenvalue weighted by atomic mass is 79.9. The summed E-state index contributed by atoms with van der Waals surface area (Å²) in [6.07, 6.45) is 6.00. The van der Waals surface area contributed by atoms with Crippen LogP contribution < -0.4 is 9.62 Å². The first kappa shape index (κ1) is 30.8. The molecule has 0 radical (unpaired) electrons. The molecule has 218 valence electrons. The van der Waals surface area contributed by atoms with E-state index in [0.29, 0.717) is 18.5 Å². The molecule has 9 heteroatoms. The first-order valence-electron chi connectivity index (χ1n) is 14.1. The molecule has 1 aliphatic carbocycles. The van der Waals surface area contributed by atoms with E-state index in [1.807, 2.05) is 73.7 Å². The Morgan fingerprint density at radius 1 is 0.927 bits per heavy atom. The van der Waals surface area contributed by atoms with Gasteiger partial charge in [0, 0.05) is 23.5 Å². The van der Waals surface area contributed by atoms with Crippen LogP contribution in [0.3, 0.4) is 0 Å². The van der Waals surface area contributed by atoms with Gasteiger partial charge in [0.1, 0.15) is 12.6 Å². The van der Waals surface area contributed by atoms with E-state index < -0.39 is 28.5 Å². The van der Waals surface area contributed by atoms with Crippen LogP contribution in [-0.2, 0) is 39.0 Å². The first-order chi connectivity index (χ1) is 19.7. The molecule has 1 atom stereocenters. The smallest absolute Gasteiger partial charge is 0.244 e. The van der Waals surface area contributed by atoms with Crippen molar-refractivity contribution in [1.29, 1.82) is 0 Å². The zero-order chi connectivity index (χ0) is 29.4. The van der Waals surface area contributed by atoms with Crippen LogP contribution in [0.1, 0.15) is 49.3 Å². The van der Waals surface area contributed by atoms with Crippen molar-refractivity contribution >= 4 is 43.5 Å². The molecule has 0 spiro atoms. The molecule has 0 bridgehead atoms. The van der Waals surface area contributed by atoms with Crippen LogP contribution in [-0.4, -0.2) is 50.0 Å². The Labute approximate surface area is 252 Å². The molecule has 0 aromatic heterocycles. The van der Waals surface area contributed by atoms with E-state index in [0.717, 1.165) is 57.4 Å². The number of nitrogens with zero attached hydrogens (tertiary/aromatic N) is 2. The standard InChI is InChI=1S/C32H38BrN3O4S/c1-3-26-13-7-10-16-29(26)36(41(2,39)40)23-31(37)35(22-25-17-19-27(33)20-18-25)30(21-24-11-5-4-6-12-24)32(38)34-28-14-8-9-15-28/h4-7,10-13,16-20,28,30H,3,8-9,14-15,21-23H2,1-2H3,(H,34,38)/t30-/m1/s1. The molecule has 3 aromatic carbocycles. The van der Waals surface area contributed by atoms with Gasteiger partial charge in [0.2, 0.25) is 21.8 Å². The fourth-order valence-electron chi connectivity index (χ4n) is 5.36. The molecule has 2 amide bonds. The molecule has 1 saturated carbocycles. The van der Waals surface area contributed by atoms with Crippen molar-refractivity contribution in [2.24, 2.45) is 0 Å². The molecule has 41 heavy (non-hydrogen) atoms. The Morgan fingerprint density at radius 2 is 1.56 bits per heavy atom. The van der Waals surface area contributed by atoms with Crippen LogP contribution in [0.15, 0.2) is 83.3 Å². The second kappa shape index (κ2) is 14.1. The van der Waals surface area contributed by atoms with Gasteiger partial charge >= 0.3 is 0 Å². The quantitative estimate of drug-likeness (QED) is 0.284. The monoisotopic (exact) mass is 639 g/mol. The van der Waals surface area contributed by atoms with E-state index in [1.165, 1.54) is 0 Å². The fraction of sp³-hybridized carbons (Fsp3) is 0.375. The van der Waals surface area contributed by atoms with Crippen molar-refractivity contribution < 1.29 is 18.0 Å². The molecule has 0 aliphatic heterocycles. The van der Waals surface area contributed by atoms with Crippen LogP contribution in [0.4, 0.5) is 5.69 Å². The predicted octanol–water partition coefficient (Wildman–Crippen LogP) is 5.48. The lowest BCUT2D eigenvalue weighted by atomic mass is 10.0. The van der Waals surface area contributed by atoms with Crippen molar-refractivity contribution in [3.05, 3.63) is 100 Å². The van der Waals surface area contributed by atoms with Gasteiger partial charge in [0.15, 0.2) is 0 Å². The van der Waals surface area contributed by atoms with Gasteiger partial charge in [-0.1, -0.05) is 96.4 Å². The number of carbonyl (C=O) groups excluding carboxylic acids is 2. The Bertz CT molecular complexity index is 1420. The zero-order valence-corrected chi connectivity index (χ0v) is 26.0. The predicted molar refractivity (Wildman–Crippen MR) is 167 cm³/mol. The van der Waals surface area contributed by atoms with Gasteiger partial charge in [-0.15, -0.1) is 0 Å². The summed E-state index contributed by atoms with van der Waals surface area (Å²) in [7, 11) is -3.80. The summed E-state index contributed by atoms with van der Waals surface area (Å²) >= 11 is 3.46. The number of sulfonamides is 1. The first-order valence-corrected chi connectivity index (χ1v) is 16.7. The van der Waals surface area contributed by atoms with Gasteiger partial charge in [-0.05, 0) is 54.2 Å². The molecule has 1 fully saturated rings. The normalized spacial score (nSPS) is 14.4. The number of anilines is 1. The van der Waals surface area contributed by atoms with E-state index in [2.05, 4.69) is 21.2 Å². The number of aryl methyl sites for hydroxylation is 1. The number of carbonyl (C=O) groups is 2. The summed E-state index contributed by atoms with van der Waals surface area (Å²) in [5.74, 6) is -0.655. The number of halogens is 1.